The Labute approximate surface area is 161 Å². The summed E-state index contributed by atoms with van der Waals surface area (Å²) in [5, 5.41) is 5.65. The topological polar surface area (TPSA) is 67.4 Å². The van der Waals surface area contributed by atoms with Crippen molar-refractivity contribution in [3.63, 3.8) is 0 Å². The maximum Gasteiger partial charge on any atom is 0.262 e. The van der Waals surface area contributed by atoms with E-state index in [0.29, 0.717) is 23.5 Å². The Morgan fingerprint density at radius 2 is 1.70 bits per heavy atom. The molecule has 5 heteroatoms. The summed E-state index contributed by atoms with van der Waals surface area (Å²) in [4.78, 5) is 23.9. The number of anilines is 2. The van der Waals surface area contributed by atoms with Crippen LogP contribution >= 0.6 is 0 Å². The van der Waals surface area contributed by atoms with Crippen LogP contribution in [0.4, 0.5) is 11.4 Å². The number of carbonyl (C=O) groups excluding carboxylic acids is 2. The van der Waals surface area contributed by atoms with Crippen LogP contribution in [0.25, 0.3) is 0 Å². The van der Waals surface area contributed by atoms with Gasteiger partial charge < -0.3 is 15.4 Å². The van der Waals surface area contributed by atoms with Crippen LogP contribution < -0.4 is 15.4 Å². The van der Waals surface area contributed by atoms with E-state index in [1.54, 1.807) is 19.1 Å². The zero-order chi connectivity index (χ0) is 20.0. The molecule has 5 nitrogen and oxygen atoms in total. The van der Waals surface area contributed by atoms with E-state index in [2.05, 4.69) is 31.4 Å². The number of benzene rings is 2. The van der Waals surface area contributed by atoms with Gasteiger partial charge in [-0.15, -0.1) is 0 Å². The van der Waals surface area contributed by atoms with Gasteiger partial charge in [0.05, 0.1) is 0 Å². The Hall–Kier alpha value is -2.82. The molecule has 2 aromatic rings. The lowest BCUT2D eigenvalue weighted by Gasteiger charge is -2.22. The highest BCUT2D eigenvalue weighted by molar-refractivity contribution is 5.95. The zero-order valence-corrected chi connectivity index (χ0v) is 16.7. The van der Waals surface area contributed by atoms with Crippen molar-refractivity contribution in [3.05, 3.63) is 53.6 Å². The predicted octanol–water partition coefficient (Wildman–Crippen LogP) is 4.66. The lowest BCUT2D eigenvalue weighted by molar-refractivity contribution is -0.118. The maximum atomic E-state index is 12.3. The molecule has 0 aromatic heterocycles. The van der Waals surface area contributed by atoms with Crippen LogP contribution in [0.1, 0.15) is 45.2 Å². The van der Waals surface area contributed by atoms with Crippen LogP contribution in [0.2, 0.25) is 0 Å². The molecule has 0 unspecified atom stereocenters. The Bertz CT molecular complexity index is 823. The first kappa shape index (κ1) is 20.5. The van der Waals surface area contributed by atoms with Gasteiger partial charge in [-0.3, -0.25) is 9.59 Å². The van der Waals surface area contributed by atoms with E-state index in [-0.39, 0.29) is 23.8 Å². The maximum absolute atomic E-state index is 12.3. The normalized spacial score (nSPS) is 11.0. The summed E-state index contributed by atoms with van der Waals surface area (Å²) in [5.74, 6) is 0.388. The van der Waals surface area contributed by atoms with Crippen molar-refractivity contribution in [2.45, 2.75) is 46.5 Å². The molecular weight excluding hydrogens is 340 g/mol. The monoisotopic (exact) mass is 368 g/mol. The van der Waals surface area contributed by atoms with E-state index in [0.717, 1.165) is 11.1 Å². The number of hydrogen-bond acceptors (Lipinski definition) is 3. The van der Waals surface area contributed by atoms with Crippen LogP contribution in [-0.4, -0.2) is 18.4 Å². The fraction of sp³-hybridized carbons (Fsp3) is 0.364. The van der Waals surface area contributed by atoms with Crippen LogP contribution in [0.15, 0.2) is 42.5 Å². The third-order valence-corrected chi connectivity index (χ3v) is 4.17. The molecule has 0 aliphatic carbocycles. The molecule has 0 saturated heterocycles. The molecule has 2 rings (SSSR count). The summed E-state index contributed by atoms with van der Waals surface area (Å²) >= 11 is 0. The summed E-state index contributed by atoms with van der Waals surface area (Å²) in [6.45, 7) is 9.93. The minimum absolute atomic E-state index is 0.0660. The number of amides is 2. The number of rotatable bonds is 6. The van der Waals surface area contributed by atoms with Crippen molar-refractivity contribution in [2.24, 2.45) is 0 Å². The van der Waals surface area contributed by atoms with Crippen LogP contribution in [0.5, 0.6) is 5.75 Å². The Kier molecular flexibility index (Phi) is 6.61. The molecule has 0 aliphatic heterocycles. The van der Waals surface area contributed by atoms with Crippen molar-refractivity contribution >= 4 is 23.2 Å². The van der Waals surface area contributed by atoms with E-state index in [9.17, 15) is 9.59 Å². The second kappa shape index (κ2) is 8.71. The molecule has 144 valence electrons. The number of nitrogens with one attached hydrogen (secondary N) is 2. The zero-order valence-electron chi connectivity index (χ0n) is 16.7. The molecule has 0 fully saturated rings. The minimum Gasteiger partial charge on any atom is -0.483 e. The van der Waals surface area contributed by atoms with Crippen molar-refractivity contribution in [3.8, 4) is 5.75 Å². The van der Waals surface area contributed by atoms with Crippen molar-refractivity contribution in [2.75, 3.05) is 17.2 Å². The first-order valence-electron chi connectivity index (χ1n) is 9.13. The van der Waals surface area contributed by atoms with Crippen molar-refractivity contribution in [1.82, 2.24) is 0 Å². The SMILES string of the molecule is CCC(=O)Nc1cc(NC(=O)COc2ccccc2C(C)(C)C)ccc1C. The van der Waals surface area contributed by atoms with E-state index < -0.39 is 0 Å². The molecule has 0 radical (unpaired) electrons. The van der Waals surface area contributed by atoms with E-state index >= 15 is 0 Å². The summed E-state index contributed by atoms with van der Waals surface area (Å²) in [6.07, 6.45) is 0.400. The molecule has 0 aliphatic rings. The lowest BCUT2D eigenvalue weighted by atomic mass is 9.86. The summed E-state index contributed by atoms with van der Waals surface area (Å²) in [7, 11) is 0. The molecule has 0 atom stereocenters. The van der Waals surface area contributed by atoms with Gasteiger partial charge in [0.1, 0.15) is 5.75 Å². The highest BCUT2D eigenvalue weighted by Gasteiger charge is 2.19. The number of hydrogen-bond donors (Lipinski definition) is 2. The molecule has 2 N–H and O–H groups in total. The van der Waals surface area contributed by atoms with Gasteiger partial charge in [-0.2, -0.15) is 0 Å². The number of ether oxygens (including phenoxy) is 1. The van der Waals surface area contributed by atoms with Gasteiger partial charge in [0.25, 0.3) is 5.91 Å². The minimum atomic E-state index is -0.254. The fourth-order valence-corrected chi connectivity index (χ4v) is 2.63. The van der Waals surface area contributed by atoms with Crippen LogP contribution in [-0.2, 0) is 15.0 Å². The first-order valence-corrected chi connectivity index (χ1v) is 9.13. The average molecular weight is 368 g/mol. The molecule has 2 aromatic carbocycles. The number of aryl methyl sites for hydroxylation is 1. The van der Waals surface area contributed by atoms with Crippen molar-refractivity contribution in [1.29, 1.82) is 0 Å². The third-order valence-electron chi connectivity index (χ3n) is 4.17. The van der Waals surface area contributed by atoms with Gasteiger partial charge >= 0.3 is 0 Å². The van der Waals surface area contributed by atoms with E-state index in [1.165, 1.54) is 0 Å². The standard InChI is InChI=1S/C22H28N2O3/c1-6-20(25)24-18-13-16(12-11-15(18)2)23-21(26)14-27-19-10-8-7-9-17(19)22(3,4)5/h7-13H,6,14H2,1-5H3,(H,23,26)(H,24,25). The summed E-state index contributed by atoms with van der Waals surface area (Å²) in [6, 6.07) is 13.2. The van der Waals surface area contributed by atoms with Gasteiger partial charge in [-0.05, 0) is 41.7 Å². The molecule has 0 saturated carbocycles. The second-order valence-electron chi connectivity index (χ2n) is 7.51. The molecule has 2 amide bonds. The highest BCUT2D eigenvalue weighted by Crippen LogP contribution is 2.31. The number of para-hydroxylation sites is 1. The average Bonchev–Trinajstić information content (AvgIpc) is 2.62. The lowest BCUT2D eigenvalue weighted by Crippen LogP contribution is -2.22. The van der Waals surface area contributed by atoms with E-state index in [4.69, 9.17) is 4.74 Å². The fourth-order valence-electron chi connectivity index (χ4n) is 2.63. The molecule has 0 spiro atoms. The Balaban J connectivity index is 2.03. The molecular formula is C22H28N2O3. The van der Waals surface area contributed by atoms with Crippen molar-refractivity contribution < 1.29 is 14.3 Å². The van der Waals surface area contributed by atoms with Gasteiger partial charge in [-0.25, -0.2) is 0 Å². The van der Waals surface area contributed by atoms with Gasteiger partial charge in [0.15, 0.2) is 6.61 Å². The quantitative estimate of drug-likeness (QED) is 0.779. The Morgan fingerprint density at radius 3 is 2.37 bits per heavy atom. The van der Waals surface area contributed by atoms with E-state index in [1.807, 2.05) is 37.3 Å². The predicted molar refractivity (Wildman–Crippen MR) is 109 cm³/mol. The molecule has 0 heterocycles. The number of carbonyl (C=O) groups is 2. The van der Waals surface area contributed by atoms with Gasteiger partial charge in [0.2, 0.25) is 5.91 Å². The molecule has 0 bridgehead atoms. The van der Waals surface area contributed by atoms with Crippen LogP contribution in [0.3, 0.4) is 0 Å². The summed E-state index contributed by atoms with van der Waals surface area (Å²) < 4.78 is 5.75. The van der Waals surface area contributed by atoms with Crippen LogP contribution in [0, 0.1) is 6.92 Å². The Morgan fingerprint density at radius 1 is 1.00 bits per heavy atom. The van der Waals surface area contributed by atoms with Gasteiger partial charge in [0, 0.05) is 17.8 Å². The molecule has 27 heavy (non-hydrogen) atoms. The largest absolute Gasteiger partial charge is 0.483 e. The first-order chi connectivity index (χ1) is 12.7. The third kappa shape index (κ3) is 5.84. The second-order valence-corrected chi connectivity index (χ2v) is 7.51. The van der Waals surface area contributed by atoms with Gasteiger partial charge in [-0.1, -0.05) is 52.0 Å². The summed E-state index contributed by atoms with van der Waals surface area (Å²) in [5.41, 5.74) is 3.22. The highest BCUT2D eigenvalue weighted by atomic mass is 16.5. The smallest absolute Gasteiger partial charge is 0.262 e.